The number of hydrogen-bond donors (Lipinski definition) is 0. The number of hydrogen-bond acceptors (Lipinski definition) is 1. The first-order valence-corrected chi connectivity index (χ1v) is 7.74. The molecule has 0 radical (unpaired) electrons. The van der Waals surface area contributed by atoms with Crippen LogP contribution in [0.1, 0.15) is 22.6 Å². The fraction of sp³-hybridized carbons (Fsp3) is 0.294. The quantitative estimate of drug-likeness (QED) is 0.734. The second kappa shape index (κ2) is 6.07. The van der Waals surface area contributed by atoms with E-state index in [2.05, 4.69) is 12.1 Å². The summed E-state index contributed by atoms with van der Waals surface area (Å²) < 4.78 is 5.76. The zero-order chi connectivity index (χ0) is 13.9. The molecule has 0 fully saturated rings. The van der Waals surface area contributed by atoms with Crippen LogP contribution in [0.25, 0.3) is 0 Å². The highest BCUT2D eigenvalue weighted by atomic mass is 35.5. The molecular weight excluding hydrogens is 291 g/mol. The molecule has 1 heterocycles. The summed E-state index contributed by atoms with van der Waals surface area (Å²) in [6.45, 7) is 0.750. The lowest BCUT2D eigenvalue weighted by atomic mass is 9.92. The lowest BCUT2D eigenvalue weighted by Crippen LogP contribution is -2.06. The Balaban J connectivity index is 1.91. The highest BCUT2D eigenvalue weighted by Crippen LogP contribution is 2.36. The lowest BCUT2D eigenvalue weighted by Gasteiger charge is -2.16. The van der Waals surface area contributed by atoms with E-state index in [9.17, 15) is 0 Å². The fourth-order valence-electron chi connectivity index (χ4n) is 2.75. The number of fused-ring (bicyclic) bond motifs is 1. The van der Waals surface area contributed by atoms with Crippen molar-refractivity contribution in [1.82, 2.24) is 0 Å². The van der Waals surface area contributed by atoms with Gasteiger partial charge in [-0.05, 0) is 35.2 Å². The molecule has 20 heavy (non-hydrogen) atoms. The summed E-state index contributed by atoms with van der Waals surface area (Å²) >= 11 is 12.4. The van der Waals surface area contributed by atoms with Crippen LogP contribution in [0.4, 0.5) is 0 Å². The van der Waals surface area contributed by atoms with Crippen LogP contribution >= 0.6 is 23.2 Å². The summed E-state index contributed by atoms with van der Waals surface area (Å²) in [5, 5.41) is 0.783. The maximum Gasteiger partial charge on any atom is 0.125 e. The lowest BCUT2D eigenvalue weighted by molar-refractivity contribution is 0.353. The van der Waals surface area contributed by atoms with E-state index in [1.165, 1.54) is 16.7 Å². The standard InChI is InChI=1S/C17H16Cl2O/c18-11-15(12-4-2-1-3-5-12)8-14-10-16(19)9-13-6-7-20-17(13)14/h1-5,9-10,15H,6-8,11H2. The zero-order valence-electron chi connectivity index (χ0n) is 11.1. The van der Waals surface area contributed by atoms with Gasteiger partial charge in [-0.25, -0.2) is 0 Å². The summed E-state index contributed by atoms with van der Waals surface area (Å²) in [7, 11) is 0. The zero-order valence-corrected chi connectivity index (χ0v) is 12.6. The molecule has 3 rings (SSSR count). The number of alkyl halides is 1. The van der Waals surface area contributed by atoms with Crippen molar-refractivity contribution in [1.29, 1.82) is 0 Å². The monoisotopic (exact) mass is 306 g/mol. The number of halogens is 2. The third kappa shape index (κ3) is 2.79. The molecule has 1 aliphatic rings. The predicted octanol–water partition coefficient (Wildman–Crippen LogP) is 4.84. The summed E-state index contributed by atoms with van der Waals surface area (Å²) in [6, 6.07) is 14.4. The average molecular weight is 307 g/mol. The van der Waals surface area contributed by atoms with Crippen molar-refractivity contribution in [3.05, 3.63) is 64.2 Å². The Bertz CT molecular complexity index is 595. The van der Waals surface area contributed by atoms with Gasteiger partial charge in [0.15, 0.2) is 0 Å². The van der Waals surface area contributed by atoms with Crippen LogP contribution < -0.4 is 4.74 Å². The van der Waals surface area contributed by atoms with Crippen molar-refractivity contribution in [3.8, 4) is 5.75 Å². The minimum absolute atomic E-state index is 0.282. The maximum absolute atomic E-state index is 6.21. The molecule has 1 nitrogen and oxygen atoms in total. The van der Waals surface area contributed by atoms with Gasteiger partial charge in [-0.2, -0.15) is 0 Å². The van der Waals surface area contributed by atoms with Gasteiger partial charge in [-0.3, -0.25) is 0 Å². The molecule has 1 atom stereocenters. The molecule has 0 amide bonds. The van der Waals surface area contributed by atoms with E-state index in [1.54, 1.807) is 0 Å². The normalized spacial score (nSPS) is 14.7. The third-order valence-corrected chi connectivity index (χ3v) is 4.34. The van der Waals surface area contributed by atoms with E-state index in [1.807, 2.05) is 30.3 Å². The van der Waals surface area contributed by atoms with Crippen molar-refractivity contribution in [3.63, 3.8) is 0 Å². The van der Waals surface area contributed by atoms with E-state index in [0.29, 0.717) is 5.88 Å². The Kier molecular flexibility index (Phi) is 4.18. The Morgan fingerprint density at radius 3 is 2.70 bits per heavy atom. The van der Waals surface area contributed by atoms with E-state index in [4.69, 9.17) is 27.9 Å². The van der Waals surface area contributed by atoms with Gasteiger partial charge in [0.25, 0.3) is 0 Å². The van der Waals surface area contributed by atoms with Crippen LogP contribution in [0, 0.1) is 0 Å². The Morgan fingerprint density at radius 2 is 1.95 bits per heavy atom. The van der Waals surface area contributed by atoms with Crippen LogP contribution in [-0.4, -0.2) is 12.5 Å². The van der Waals surface area contributed by atoms with Crippen LogP contribution in [0.3, 0.4) is 0 Å². The molecule has 0 aromatic heterocycles. The predicted molar refractivity (Wildman–Crippen MR) is 84.3 cm³/mol. The van der Waals surface area contributed by atoms with Crippen molar-refractivity contribution >= 4 is 23.2 Å². The topological polar surface area (TPSA) is 9.23 Å². The van der Waals surface area contributed by atoms with Gasteiger partial charge < -0.3 is 4.74 Å². The molecule has 0 bridgehead atoms. The summed E-state index contributed by atoms with van der Waals surface area (Å²) in [4.78, 5) is 0. The number of rotatable bonds is 4. The largest absolute Gasteiger partial charge is 0.493 e. The molecule has 104 valence electrons. The molecule has 2 aromatic rings. The average Bonchev–Trinajstić information content (AvgIpc) is 2.93. The van der Waals surface area contributed by atoms with Gasteiger partial charge >= 0.3 is 0 Å². The van der Waals surface area contributed by atoms with E-state index in [-0.39, 0.29) is 5.92 Å². The molecule has 0 saturated heterocycles. The highest BCUT2D eigenvalue weighted by Gasteiger charge is 2.20. The molecule has 0 saturated carbocycles. The van der Waals surface area contributed by atoms with Crippen LogP contribution in [-0.2, 0) is 12.8 Å². The van der Waals surface area contributed by atoms with Gasteiger partial charge in [0, 0.05) is 23.2 Å². The van der Waals surface area contributed by atoms with E-state index < -0.39 is 0 Å². The van der Waals surface area contributed by atoms with Gasteiger partial charge in [0.2, 0.25) is 0 Å². The highest BCUT2D eigenvalue weighted by molar-refractivity contribution is 6.30. The summed E-state index contributed by atoms with van der Waals surface area (Å²) in [6.07, 6.45) is 1.80. The first-order chi connectivity index (χ1) is 9.78. The van der Waals surface area contributed by atoms with Crippen molar-refractivity contribution in [2.45, 2.75) is 18.8 Å². The van der Waals surface area contributed by atoms with Crippen LogP contribution in [0.5, 0.6) is 5.75 Å². The van der Waals surface area contributed by atoms with Gasteiger partial charge in [0.05, 0.1) is 6.61 Å². The second-order valence-corrected chi connectivity index (χ2v) is 5.86. The third-order valence-electron chi connectivity index (χ3n) is 3.75. The number of ether oxygens (including phenoxy) is 1. The second-order valence-electron chi connectivity index (χ2n) is 5.12. The van der Waals surface area contributed by atoms with E-state index >= 15 is 0 Å². The SMILES string of the molecule is ClCC(Cc1cc(Cl)cc2c1OCC2)c1ccccc1. The fourth-order valence-corrected chi connectivity index (χ4v) is 3.30. The molecule has 0 spiro atoms. The van der Waals surface area contributed by atoms with Gasteiger partial charge in [0.1, 0.15) is 5.75 Å². The van der Waals surface area contributed by atoms with Gasteiger partial charge in [-0.15, -0.1) is 11.6 Å². The Labute approximate surface area is 129 Å². The smallest absolute Gasteiger partial charge is 0.125 e. The molecule has 1 aliphatic heterocycles. The molecule has 3 heteroatoms. The number of benzene rings is 2. The minimum atomic E-state index is 0.282. The van der Waals surface area contributed by atoms with Gasteiger partial charge in [-0.1, -0.05) is 41.9 Å². The molecule has 1 unspecified atom stereocenters. The van der Waals surface area contributed by atoms with Crippen molar-refractivity contribution in [2.24, 2.45) is 0 Å². The molecular formula is C17H16Cl2O. The maximum atomic E-state index is 6.21. The van der Waals surface area contributed by atoms with Crippen molar-refractivity contribution in [2.75, 3.05) is 12.5 Å². The van der Waals surface area contributed by atoms with E-state index in [0.717, 1.165) is 30.2 Å². The molecule has 0 aliphatic carbocycles. The summed E-state index contributed by atoms with van der Waals surface area (Å²) in [5.74, 6) is 1.88. The molecule has 0 N–H and O–H groups in total. The van der Waals surface area contributed by atoms with Crippen LogP contribution in [0.2, 0.25) is 5.02 Å². The van der Waals surface area contributed by atoms with Crippen LogP contribution in [0.15, 0.2) is 42.5 Å². The summed E-state index contributed by atoms with van der Waals surface area (Å²) in [5.41, 5.74) is 3.64. The first kappa shape index (κ1) is 13.8. The van der Waals surface area contributed by atoms with Crippen molar-refractivity contribution < 1.29 is 4.74 Å². The minimum Gasteiger partial charge on any atom is -0.493 e. The first-order valence-electron chi connectivity index (χ1n) is 6.83. The Morgan fingerprint density at radius 1 is 1.15 bits per heavy atom. The molecule has 2 aromatic carbocycles. The Hall–Kier alpha value is -1.18.